The van der Waals surface area contributed by atoms with Gasteiger partial charge in [0, 0.05) is 21.5 Å². The van der Waals surface area contributed by atoms with Gasteiger partial charge in [0.15, 0.2) is 5.17 Å². The number of carbonyl (C=O) groups excluding carboxylic acids is 1. The third-order valence-electron chi connectivity index (χ3n) is 4.93. The van der Waals surface area contributed by atoms with E-state index in [1.807, 2.05) is 30.3 Å². The van der Waals surface area contributed by atoms with Crippen LogP contribution in [0, 0.1) is 27.7 Å². The fraction of sp³-hybridized carbons (Fsp3) is 0.167. The minimum atomic E-state index is -0.118. The molecule has 0 unspecified atom stereocenters. The zero-order valence-electron chi connectivity index (χ0n) is 17.3. The minimum Gasteiger partial charge on any atom is -0.318 e. The molecule has 152 valence electrons. The highest BCUT2D eigenvalue weighted by atomic mass is 79.9. The van der Waals surface area contributed by atoms with Crippen LogP contribution in [0.2, 0.25) is 0 Å². The first-order valence-electron chi connectivity index (χ1n) is 9.63. The fourth-order valence-electron chi connectivity index (χ4n) is 3.67. The molecule has 1 amide bonds. The number of nitrogens with one attached hydrogen (secondary N) is 1. The van der Waals surface area contributed by atoms with E-state index in [4.69, 9.17) is 0 Å². The molecule has 2 heterocycles. The molecule has 0 atom stereocenters. The Morgan fingerprint density at radius 2 is 1.67 bits per heavy atom. The lowest BCUT2D eigenvalue weighted by atomic mass is 10.1. The monoisotopic (exact) mass is 479 g/mol. The summed E-state index contributed by atoms with van der Waals surface area (Å²) in [7, 11) is 0. The van der Waals surface area contributed by atoms with Gasteiger partial charge in [0.05, 0.1) is 10.6 Å². The van der Waals surface area contributed by atoms with Crippen LogP contribution in [0.4, 0.5) is 5.69 Å². The third-order valence-corrected chi connectivity index (χ3v) is 6.37. The van der Waals surface area contributed by atoms with E-state index in [1.165, 1.54) is 22.9 Å². The summed E-state index contributed by atoms with van der Waals surface area (Å²) >= 11 is 4.79. The Morgan fingerprint density at radius 3 is 2.33 bits per heavy atom. The number of aryl methyl sites for hydroxylation is 3. The van der Waals surface area contributed by atoms with E-state index in [0.29, 0.717) is 10.1 Å². The molecule has 0 aliphatic carbocycles. The van der Waals surface area contributed by atoms with Crippen molar-refractivity contribution in [2.75, 3.05) is 0 Å². The molecule has 0 bridgehead atoms. The Hall–Kier alpha value is -2.57. The van der Waals surface area contributed by atoms with Gasteiger partial charge in [0.1, 0.15) is 0 Å². The molecule has 0 spiro atoms. The smallest absolute Gasteiger partial charge is 0.264 e. The van der Waals surface area contributed by atoms with Crippen LogP contribution in [0.3, 0.4) is 0 Å². The molecule has 1 fully saturated rings. The Balaban J connectivity index is 1.65. The van der Waals surface area contributed by atoms with Crippen LogP contribution >= 0.6 is 27.7 Å². The van der Waals surface area contributed by atoms with Crippen LogP contribution in [0.1, 0.15) is 28.1 Å². The van der Waals surface area contributed by atoms with Crippen molar-refractivity contribution in [2.24, 2.45) is 4.99 Å². The molecule has 3 aromatic rings. The standard InChI is InChI=1S/C24H22BrN3OS/c1-14-9-15(2)11-21(10-14)28-16(3)12-18(17(28)4)13-22-23(29)27-24(30-22)26-20-7-5-19(25)6-8-20/h5-13H,1-4H3,(H,26,27,29)/b22-13-. The molecule has 1 aliphatic rings. The molecule has 6 heteroatoms. The summed E-state index contributed by atoms with van der Waals surface area (Å²) in [5.74, 6) is -0.118. The maximum atomic E-state index is 12.5. The number of aromatic nitrogens is 1. The van der Waals surface area contributed by atoms with Crippen molar-refractivity contribution in [2.45, 2.75) is 27.7 Å². The summed E-state index contributed by atoms with van der Waals surface area (Å²) in [5.41, 5.74) is 7.69. The number of halogens is 1. The number of carbonyl (C=O) groups is 1. The number of thioether (sulfide) groups is 1. The first-order valence-corrected chi connectivity index (χ1v) is 11.2. The molecule has 0 radical (unpaired) electrons. The van der Waals surface area contributed by atoms with Crippen molar-refractivity contribution in [3.63, 3.8) is 0 Å². The van der Waals surface area contributed by atoms with E-state index in [9.17, 15) is 4.79 Å². The second kappa shape index (κ2) is 8.28. The second-order valence-corrected chi connectivity index (χ2v) is 9.41. The molecule has 2 aromatic carbocycles. The molecule has 1 aromatic heterocycles. The van der Waals surface area contributed by atoms with Gasteiger partial charge in [-0.25, -0.2) is 4.99 Å². The number of aliphatic imine (C=N–C) groups is 1. The third kappa shape index (κ3) is 4.30. The maximum Gasteiger partial charge on any atom is 0.264 e. The van der Waals surface area contributed by atoms with Crippen molar-refractivity contribution in [1.82, 2.24) is 9.88 Å². The normalized spacial score (nSPS) is 16.5. The highest BCUT2D eigenvalue weighted by Crippen LogP contribution is 2.31. The molecule has 1 N–H and O–H groups in total. The molecular weight excluding hydrogens is 458 g/mol. The van der Waals surface area contributed by atoms with Crippen LogP contribution in [0.25, 0.3) is 11.8 Å². The lowest BCUT2D eigenvalue weighted by Gasteiger charge is -2.12. The summed E-state index contributed by atoms with van der Waals surface area (Å²) < 4.78 is 3.23. The van der Waals surface area contributed by atoms with Crippen LogP contribution in [-0.4, -0.2) is 15.6 Å². The number of rotatable bonds is 3. The number of nitrogens with zero attached hydrogens (tertiary/aromatic N) is 2. The van der Waals surface area contributed by atoms with Crippen LogP contribution in [0.15, 0.2) is 62.9 Å². The van der Waals surface area contributed by atoms with Crippen molar-refractivity contribution in [3.8, 4) is 5.69 Å². The lowest BCUT2D eigenvalue weighted by molar-refractivity contribution is -0.115. The number of benzene rings is 2. The number of hydrogen-bond acceptors (Lipinski definition) is 3. The predicted octanol–water partition coefficient (Wildman–Crippen LogP) is 6.37. The van der Waals surface area contributed by atoms with Crippen molar-refractivity contribution < 1.29 is 4.79 Å². The molecule has 30 heavy (non-hydrogen) atoms. The van der Waals surface area contributed by atoms with E-state index in [0.717, 1.165) is 32.8 Å². The molecular formula is C24H22BrN3OS. The van der Waals surface area contributed by atoms with Crippen molar-refractivity contribution >= 4 is 50.5 Å². The number of hydrogen-bond donors (Lipinski definition) is 1. The SMILES string of the molecule is Cc1cc(C)cc(-n2c(C)cc(/C=C3\SC(=Nc4ccc(Br)cc4)NC3=O)c2C)c1. The summed E-state index contributed by atoms with van der Waals surface area (Å²) in [4.78, 5) is 17.7. The Bertz CT molecular complexity index is 1190. The average Bonchev–Trinajstić information content (AvgIpc) is 3.15. The number of amides is 1. The van der Waals surface area contributed by atoms with E-state index in [1.54, 1.807) is 0 Å². The van der Waals surface area contributed by atoms with E-state index >= 15 is 0 Å². The van der Waals surface area contributed by atoms with Gasteiger partial charge in [0.2, 0.25) is 0 Å². The summed E-state index contributed by atoms with van der Waals surface area (Å²) in [6.07, 6.45) is 1.95. The van der Waals surface area contributed by atoms with Gasteiger partial charge >= 0.3 is 0 Å². The first kappa shape index (κ1) is 20.7. The predicted molar refractivity (Wildman–Crippen MR) is 130 cm³/mol. The Kier molecular flexibility index (Phi) is 5.71. The highest BCUT2D eigenvalue weighted by Gasteiger charge is 2.24. The fourth-order valence-corrected chi connectivity index (χ4v) is 4.76. The van der Waals surface area contributed by atoms with Crippen LogP contribution in [-0.2, 0) is 4.79 Å². The Labute approximate surface area is 189 Å². The highest BCUT2D eigenvalue weighted by molar-refractivity contribution is 9.10. The molecule has 1 aliphatic heterocycles. The largest absolute Gasteiger partial charge is 0.318 e. The molecule has 1 saturated heterocycles. The van der Waals surface area contributed by atoms with Crippen LogP contribution in [0.5, 0.6) is 0 Å². The Morgan fingerprint density at radius 1 is 1.00 bits per heavy atom. The summed E-state index contributed by atoms with van der Waals surface area (Å²) in [5, 5.41) is 3.46. The van der Waals surface area contributed by atoms with E-state index in [-0.39, 0.29) is 5.91 Å². The summed E-state index contributed by atoms with van der Waals surface area (Å²) in [6, 6.07) is 16.3. The quantitative estimate of drug-likeness (QED) is 0.443. The van der Waals surface area contributed by atoms with Gasteiger partial charge in [0.25, 0.3) is 5.91 Å². The van der Waals surface area contributed by atoms with Gasteiger partial charge in [-0.3, -0.25) is 4.79 Å². The first-order chi connectivity index (χ1) is 14.3. The minimum absolute atomic E-state index is 0.118. The lowest BCUT2D eigenvalue weighted by Crippen LogP contribution is -2.19. The average molecular weight is 480 g/mol. The van der Waals surface area contributed by atoms with Gasteiger partial charge < -0.3 is 9.88 Å². The van der Waals surface area contributed by atoms with E-state index in [2.05, 4.69) is 82.8 Å². The van der Waals surface area contributed by atoms with Gasteiger partial charge in [-0.1, -0.05) is 22.0 Å². The van der Waals surface area contributed by atoms with Crippen molar-refractivity contribution in [3.05, 3.63) is 86.0 Å². The maximum absolute atomic E-state index is 12.5. The summed E-state index contributed by atoms with van der Waals surface area (Å²) in [6.45, 7) is 8.40. The zero-order valence-corrected chi connectivity index (χ0v) is 19.7. The van der Waals surface area contributed by atoms with E-state index < -0.39 is 0 Å². The number of amidine groups is 1. The molecule has 0 saturated carbocycles. The van der Waals surface area contributed by atoms with Crippen molar-refractivity contribution in [1.29, 1.82) is 0 Å². The molecule has 4 rings (SSSR count). The van der Waals surface area contributed by atoms with Gasteiger partial charge in [-0.15, -0.1) is 0 Å². The van der Waals surface area contributed by atoms with Gasteiger partial charge in [-0.05, 0) is 105 Å². The topological polar surface area (TPSA) is 46.4 Å². The zero-order chi connectivity index (χ0) is 21.4. The molecule has 4 nitrogen and oxygen atoms in total. The van der Waals surface area contributed by atoms with Gasteiger partial charge in [-0.2, -0.15) is 0 Å². The van der Waals surface area contributed by atoms with Crippen LogP contribution < -0.4 is 5.32 Å². The second-order valence-electron chi connectivity index (χ2n) is 7.47.